The van der Waals surface area contributed by atoms with Crippen LogP contribution in [0.1, 0.15) is 36.1 Å². The average Bonchev–Trinajstić information content (AvgIpc) is 2.79. The number of esters is 1. The molecule has 31 heavy (non-hydrogen) atoms. The fraction of sp³-hybridized carbons (Fsp3) is 0.417. The van der Waals surface area contributed by atoms with Crippen LogP contribution in [0.2, 0.25) is 0 Å². The van der Waals surface area contributed by atoms with Crippen LogP contribution in [0.3, 0.4) is 0 Å². The summed E-state index contributed by atoms with van der Waals surface area (Å²) < 4.78 is 15.8. The summed E-state index contributed by atoms with van der Waals surface area (Å²) in [6.07, 6.45) is 1.92. The smallest absolute Gasteiger partial charge is 0.311 e. The third-order valence-electron chi connectivity index (χ3n) is 5.86. The molecule has 1 aliphatic heterocycles. The van der Waals surface area contributed by atoms with E-state index < -0.39 is 0 Å². The van der Waals surface area contributed by atoms with Crippen molar-refractivity contribution in [3.63, 3.8) is 0 Å². The van der Waals surface area contributed by atoms with E-state index in [0.29, 0.717) is 11.5 Å². The molecule has 7 heteroatoms. The lowest BCUT2D eigenvalue weighted by Gasteiger charge is -2.34. The zero-order valence-electron chi connectivity index (χ0n) is 18.6. The summed E-state index contributed by atoms with van der Waals surface area (Å²) >= 11 is 0. The van der Waals surface area contributed by atoms with E-state index in [0.717, 1.165) is 41.1 Å². The van der Waals surface area contributed by atoms with Crippen LogP contribution >= 0.6 is 0 Å². The molecule has 1 heterocycles. The highest BCUT2D eigenvalue weighted by molar-refractivity contribution is 5.91. The van der Waals surface area contributed by atoms with Crippen molar-refractivity contribution in [1.82, 2.24) is 0 Å². The van der Waals surface area contributed by atoms with Crippen molar-refractivity contribution in [1.29, 1.82) is 0 Å². The first-order valence-corrected chi connectivity index (χ1v) is 10.5. The number of carbonyl (C=O) groups excluding carboxylic acids is 2. The molecule has 1 aliphatic rings. The Hall–Kier alpha value is -3.06. The van der Waals surface area contributed by atoms with E-state index in [2.05, 4.69) is 12.2 Å². The second-order valence-corrected chi connectivity index (χ2v) is 7.67. The molecule has 7 nitrogen and oxygen atoms in total. The summed E-state index contributed by atoms with van der Waals surface area (Å²) in [5, 5.41) is 2.97. The molecule has 0 radical (unpaired) electrons. The van der Waals surface area contributed by atoms with Gasteiger partial charge < -0.3 is 24.4 Å². The van der Waals surface area contributed by atoms with Gasteiger partial charge in [0.05, 0.1) is 27.9 Å². The maximum absolute atomic E-state index is 12.8. The van der Waals surface area contributed by atoms with Crippen LogP contribution in [0, 0.1) is 0 Å². The molecule has 2 aromatic carbocycles. The number of ether oxygens (including phenoxy) is 3. The predicted molar refractivity (Wildman–Crippen MR) is 118 cm³/mol. The maximum Gasteiger partial charge on any atom is 0.311 e. The number of hydrogen-bond donors (Lipinski definition) is 2. The van der Waals surface area contributed by atoms with Gasteiger partial charge in [-0.1, -0.05) is 19.1 Å². The molecule has 2 aromatic rings. The van der Waals surface area contributed by atoms with Gasteiger partial charge in [-0.2, -0.15) is 0 Å². The maximum atomic E-state index is 12.8. The molecular weight excluding hydrogens is 396 g/mol. The number of benzene rings is 2. The standard InChI is InChI=1S/C24H30N2O5/c1-5-16-6-8-18(9-7-16)25-23(27)15-26-11-10-17-12-21(29-2)22(30-3)13-19(17)20(26)14-24(28)31-4/h6-9,12-13,20H,5,10-11,14-15H2,1-4H3,(H,25,27)/p+1/t20-/m0/s1. The van der Waals surface area contributed by atoms with Crippen LogP contribution in [0.25, 0.3) is 0 Å². The Kier molecular flexibility index (Phi) is 7.52. The van der Waals surface area contributed by atoms with Crippen molar-refractivity contribution in [2.24, 2.45) is 0 Å². The molecule has 2 N–H and O–H groups in total. The van der Waals surface area contributed by atoms with Gasteiger partial charge in [0.1, 0.15) is 12.5 Å². The monoisotopic (exact) mass is 427 g/mol. The number of carbonyl (C=O) groups is 2. The lowest BCUT2D eigenvalue weighted by Crippen LogP contribution is -3.14. The molecule has 166 valence electrons. The zero-order chi connectivity index (χ0) is 22.4. The minimum atomic E-state index is -0.305. The molecule has 3 rings (SSSR count). The van der Waals surface area contributed by atoms with E-state index in [1.54, 1.807) is 14.2 Å². The Balaban J connectivity index is 1.81. The predicted octanol–water partition coefficient (Wildman–Crippen LogP) is 1.95. The molecule has 2 atom stereocenters. The largest absolute Gasteiger partial charge is 0.493 e. The van der Waals surface area contributed by atoms with Crippen LogP contribution in [0.4, 0.5) is 5.69 Å². The summed E-state index contributed by atoms with van der Waals surface area (Å²) in [5.41, 5.74) is 4.09. The molecule has 0 saturated heterocycles. The van der Waals surface area contributed by atoms with Gasteiger partial charge in [0.25, 0.3) is 5.91 Å². The van der Waals surface area contributed by atoms with Crippen LogP contribution in [-0.4, -0.2) is 46.3 Å². The van der Waals surface area contributed by atoms with Gasteiger partial charge in [0.2, 0.25) is 0 Å². The molecule has 1 unspecified atom stereocenters. The molecule has 0 aliphatic carbocycles. The fourth-order valence-electron chi connectivity index (χ4n) is 4.12. The molecule has 1 amide bonds. The molecule has 0 fully saturated rings. The number of nitrogens with one attached hydrogen (secondary N) is 2. The lowest BCUT2D eigenvalue weighted by molar-refractivity contribution is -0.925. The highest BCUT2D eigenvalue weighted by atomic mass is 16.5. The minimum absolute atomic E-state index is 0.0851. The normalized spacial score (nSPS) is 17.4. The number of methoxy groups -OCH3 is 3. The quantitative estimate of drug-likeness (QED) is 0.630. The van der Waals surface area contributed by atoms with Gasteiger partial charge in [-0.05, 0) is 41.8 Å². The van der Waals surface area contributed by atoms with Gasteiger partial charge in [-0.15, -0.1) is 0 Å². The van der Waals surface area contributed by atoms with Crippen molar-refractivity contribution in [2.75, 3.05) is 39.7 Å². The van der Waals surface area contributed by atoms with Gasteiger partial charge in [-0.3, -0.25) is 9.59 Å². The zero-order valence-corrected chi connectivity index (χ0v) is 18.6. The number of rotatable bonds is 8. The average molecular weight is 428 g/mol. The summed E-state index contributed by atoms with van der Waals surface area (Å²) in [4.78, 5) is 26.0. The van der Waals surface area contributed by atoms with Crippen molar-refractivity contribution in [2.45, 2.75) is 32.2 Å². The molecular formula is C24H31N2O5+. The van der Waals surface area contributed by atoms with E-state index in [9.17, 15) is 9.59 Å². The number of anilines is 1. The van der Waals surface area contributed by atoms with Crippen molar-refractivity contribution in [3.05, 3.63) is 53.1 Å². The SMILES string of the molecule is CCc1ccc(NC(=O)C[NH+]2CCc3cc(OC)c(OC)cc3[C@@H]2CC(=O)OC)cc1. The number of quaternary nitrogens is 1. The van der Waals surface area contributed by atoms with Gasteiger partial charge in [-0.25, -0.2) is 0 Å². The summed E-state index contributed by atoms with van der Waals surface area (Å²) in [7, 11) is 4.57. The highest BCUT2D eigenvalue weighted by Gasteiger charge is 2.35. The van der Waals surface area contributed by atoms with E-state index in [1.165, 1.54) is 12.7 Å². The number of aryl methyl sites for hydroxylation is 1. The van der Waals surface area contributed by atoms with Gasteiger partial charge in [0, 0.05) is 17.7 Å². The number of amides is 1. The van der Waals surface area contributed by atoms with Crippen LogP contribution in [-0.2, 0) is 27.2 Å². The van der Waals surface area contributed by atoms with E-state index >= 15 is 0 Å². The van der Waals surface area contributed by atoms with Gasteiger partial charge >= 0.3 is 5.97 Å². The topological polar surface area (TPSA) is 78.3 Å². The van der Waals surface area contributed by atoms with Crippen LogP contribution in [0.5, 0.6) is 11.5 Å². The Morgan fingerprint density at radius 2 is 1.74 bits per heavy atom. The van der Waals surface area contributed by atoms with Crippen molar-refractivity contribution in [3.8, 4) is 11.5 Å². The first-order valence-electron chi connectivity index (χ1n) is 10.5. The number of fused-ring (bicyclic) bond motifs is 1. The van der Waals surface area contributed by atoms with Crippen LogP contribution in [0.15, 0.2) is 36.4 Å². The van der Waals surface area contributed by atoms with E-state index in [4.69, 9.17) is 14.2 Å². The molecule has 0 spiro atoms. The van der Waals surface area contributed by atoms with Crippen molar-refractivity contribution >= 4 is 17.6 Å². The Bertz CT molecular complexity index is 926. The van der Waals surface area contributed by atoms with E-state index in [1.807, 2.05) is 36.4 Å². The van der Waals surface area contributed by atoms with Gasteiger partial charge in [0.15, 0.2) is 18.0 Å². The minimum Gasteiger partial charge on any atom is -0.493 e. The molecule has 0 aromatic heterocycles. The summed E-state index contributed by atoms with van der Waals surface area (Å²) in [6, 6.07) is 11.5. The summed E-state index contributed by atoms with van der Waals surface area (Å²) in [5.74, 6) is 0.881. The van der Waals surface area contributed by atoms with E-state index in [-0.39, 0.29) is 30.9 Å². The Morgan fingerprint density at radius 3 is 2.35 bits per heavy atom. The first-order chi connectivity index (χ1) is 15.0. The Morgan fingerprint density at radius 1 is 1.06 bits per heavy atom. The molecule has 0 bridgehead atoms. The fourth-order valence-corrected chi connectivity index (χ4v) is 4.12. The Labute approximate surface area is 183 Å². The second kappa shape index (κ2) is 10.3. The second-order valence-electron chi connectivity index (χ2n) is 7.67. The third-order valence-corrected chi connectivity index (χ3v) is 5.86. The van der Waals surface area contributed by atoms with Crippen molar-refractivity contribution < 1.29 is 28.7 Å². The summed E-state index contributed by atoms with van der Waals surface area (Å²) in [6.45, 7) is 3.08. The first kappa shape index (κ1) is 22.6. The van der Waals surface area contributed by atoms with Crippen LogP contribution < -0.4 is 19.7 Å². The highest BCUT2D eigenvalue weighted by Crippen LogP contribution is 2.35. The number of hydrogen-bond acceptors (Lipinski definition) is 5. The lowest BCUT2D eigenvalue weighted by atomic mass is 9.90. The molecule has 0 saturated carbocycles. The third kappa shape index (κ3) is 5.35.